The van der Waals surface area contributed by atoms with E-state index in [0.29, 0.717) is 0 Å². The monoisotopic (exact) mass is 529 g/mol. The molecule has 6 nitrogen and oxygen atoms in total. The van der Waals surface area contributed by atoms with Crippen molar-refractivity contribution in [1.29, 1.82) is 0 Å². The molecule has 0 aliphatic rings. The standard InChI is InChI=1S/C22H16Cl2F3N3O3S/c23-16-10-17(24)12-18(11-16)30(34(32,33)19-7-2-1-3-8-19)14-21(31)29-28-13-15-6-4-5-9-20(15)22(25,26)27/h1-13H,14H2,(H,29,31)/b28-13-. The summed E-state index contributed by atoms with van der Waals surface area (Å²) in [6, 6.07) is 16.0. The Morgan fingerprint density at radius 1 is 0.971 bits per heavy atom. The SMILES string of the molecule is O=C(CN(c1cc(Cl)cc(Cl)c1)S(=O)(=O)c1ccccc1)N/N=C\c1ccccc1C(F)(F)F. The van der Waals surface area contributed by atoms with Crippen LogP contribution in [-0.4, -0.2) is 27.1 Å². The average Bonchev–Trinajstić information content (AvgIpc) is 2.77. The number of hydrogen-bond donors (Lipinski definition) is 1. The van der Waals surface area contributed by atoms with Gasteiger partial charge in [-0.3, -0.25) is 9.10 Å². The Bertz CT molecular complexity index is 1300. The highest BCUT2D eigenvalue weighted by atomic mass is 35.5. The molecule has 1 N–H and O–H groups in total. The number of carbonyl (C=O) groups excluding carboxylic acids is 1. The van der Waals surface area contributed by atoms with Gasteiger partial charge >= 0.3 is 6.18 Å². The number of halogens is 5. The summed E-state index contributed by atoms with van der Waals surface area (Å²) >= 11 is 12.0. The van der Waals surface area contributed by atoms with Gasteiger partial charge in [-0.2, -0.15) is 18.3 Å². The fraction of sp³-hybridized carbons (Fsp3) is 0.0909. The number of alkyl halides is 3. The smallest absolute Gasteiger partial charge is 0.271 e. The van der Waals surface area contributed by atoms with Crippen LogP contribution >= 0.6 is 23.2 Å². The summed E-state index contributed by atoms with van der Waals surface area (Å²) < 4.78 is 66.6. The minimum atomic E-state index is -4.61. The van der Waals surface area contributed by atoms with Crippen LogP contribution in [0.1, 0.15) is 11.1 Å². The molecule has 12 heteroatoms. The van der Waals surface area contributed by atoms with E-state index in [1.54, 1.807) is 6.07 Å². The number of nitrogens with one attached hydrogen (secondary N) is 1. The summed E-state index contributed by atoms with van der Waals surface area (Å²) in [6.45, 7) is -0.744. The van der Waals surface area contributed by atoms with Crippen LogP contribution in [0.4, 0.5) is 18.9 Å². The molecule has 0 saturated carbocycles. The van der Waals surface area contributed by atoms with Crippen LogP contribution in [0.2, 0.25) is 10.0 Å². The molecule has 0 radical (unpaired) electrons. The number of anilines is 1. The zero-order chi connectivity index (χ0) is 24.9. The summed E-state index contributed by atoms with van der Waals surface area (Å²) in [7, 11) is -4.23. The molecule has 3 aromatic rings. The molecule has 34 heavy (non-hydrogen) atoms. The average molecular weight is 530 g/mol. The largest absolute Gasteiger partial charge is 0.417 e. The highest BCUT2D eigenvalue weighted by Gasteiger charge is 2.32. The Morgan fingerprint density at radius 3 is 2.18 bits per heavy atom. The second kappa shape index (κ2) is 10.5. The Hall–Kier alpha value is -3.08. The third kappa shape index (κ3) is 6.28. The van der Waals surface area contributed by atoms with E-state index in [0.717, 1.165) is 16.6 Å². The lowest BCUT2D eigenvalue weighted by Crippen LogP contribution is -2.39. The van der Waals surface area contributed by atoms with Crippen molar-refractivity contribution in [3.63, 3.8) is 0 Å². The van der Waals surface area contributed by atoms with E-state index in [9.17, 15) is 26.4 Å². The fourth-order valence-corrected chi connectivity index (χ4v) is 4.87. The molecule has 0 atom stereocenters. The van der Waals surface area contributed by atoms with Crippen molar-refractivity contribution in [1.82, 2.24) is 5.43 Å². The van der Waals surface area contributed by atoms with Crippen molar-refractivity contribution in [2.75, 3.05) is 10.8 Å². The van der Waals surface area contributed by atoms with Crippen LogP contribution in [0.5, 0.6) is 0 Å². The van der Waals surface area contributed by atoms with Gasteiger partial charge in [0.1, 0.15) is 6.54 Å². The number of carbonyl (C=O) groups is 1. The Morgan fingerprint density at radius 2 is 1.56 bits per heavy atom. The van der Waals surface area contributed by atoms with Crippen LogP contribution in [0.15, 0.2) is 82.8 Å². The third-order valence-corrected chi connectivity index (χ3v) is 6.64. The molecule has 0 aliphatic carbocycles. The lowest BCUT2D eigenvalue weighted by atomic mass is 10.1. The summed E-state index contributed by atoms with van der Waals surface area (Å²) in [4.78, 5) is 12.4. The lowest BCUT2D eigenvalue weighted by molar-refractivity contribution is -0.137. The summed E-state index contributed by atoms with van der Waals surface area (Å²) in [5.74, 6) is -0.906. The lowest BCUT2D eigenvalue weighted by Gasteiger charge is -2.24. The minimum Gasteiger partial charge on any atom is -0.271 e. The van der Waals surface area contributed by atoms with Crippen molar-refractivity contribution < 1.29 is 26.4 Å². The normalized spacial score (nSPS) is 12.0. The number of sulfonamides is 1. The molecule has 178 valence electrons. The molecule has 0 unspecified atom stereocenters. The number of nitrogens with zero attached hydrogens (tertiary/aromatic N) is 2. The fourth-order valence-electron chi connectivity index (χ4n) is 2.93. The summed E-state index contributed by atoms with van der Waals surface area (Å²) in [5, 5.41) is 3.83. The molecular weight excluding hydrogens is 514 g/mol. The van der Waals surface area contributed by atoms with E-state index in [2.05, 4.69) is 10.5 Å². The maximum Gasteiger partial charge on any atom is 0.417 e. The molecule has 0 aromatic heterocycles. The molecule has 3 aromatic carbocycles. The van der Waals surface area contributed by atoms with Gasteiger partial charge in [0.25, 0.3) is 15.9 Å². The van der Waals surface area contributed by atoms with Gasteiger partial charge in [0.05, 0.1) is 22.4 Å². The van der Waals surface area contributed by atoms with Crippen molar-refractivity contribution in [2.45, 2.75) is 11.1 Å². The van der Waals surface area contributed by atoms with Gasteiger partial charge in [-0.25, -0.2) is 13.8 Å². The summed E-state index contributed by atoms with van der Waals surface area (Å²) in [5.41, 5.74) is 0.863. The molecule has 0 heterocycles. The molecule has 1 amide bonds. The highest BCUT2D eigenvalue weighted by molar-refractivity contribution is 7.92. The van der Waals surface area contributed by atoms with E-state index in [1.165, 1.54) is 60.7 Å². The topological polar surface area (TPSA) is 78.8 Å². The van der Waals surface area contributed by atoms with Crippen LogP contribution < -0.4 is 9.73 Å². The van der Waals surface area contributed by atoms with E-state index >= 15 is 0 Å². The van der Waals surface area contributed by atoms with Crippen LogP contribution in [0.25, 0.3) is 0 Å². The van der Waals surface area contributed by atoms with Crippen LogP contribution in [0.3, 0.4) is 0 Å². The van der Waals surface area contributed by atoms with Crippen LogP contribution in [-0.2, 0) is 21.0 Å². The zero-order valence-electron chi connectivity index (χ0n) is 17.1. The number of amides is 1. The quantitative estimate of drug-likeness (QED) is 0.330. The first-order valence-electron chi connectivity index (χ1n) is 9.50. The minimum absolute atomic E-state index is 0.0166. The Kier molecular flexibility index (Phi) is 7.86. The molecule has 0 aliphatic heterocycles. The zero-order valence-corrected chi connectivity index (χ0v) is 19.5. The van der Waals surface area contributed by atoms with E-state index in [-0.39, 0.29) is 26.2 Å². The number of benzene rings is 3. The number of rotatable bonds is 7. The molecule has 0 fully saturated rings. The second-order valence-electron chi connectivity index (χ2n) is 6.83. The molecular formula is C22H16Cl2F3N3O3S. The van der Waals surface area contributed by atoms with Crippen molar-refractivity contribution in [2.24, 2.45) is 5.10 Å². The highest BCUT2D eigenvalue weighted by Crippen LogP contribution is 2.31. The first-order valence-corrected chi connectivity index (χ1v) is 11.7. The van der Waals surface area contributed by atoms with E-state index in [1.807, 2.05) is 0 Å². The van der Waals surface area contributed by atoms with Gasteiger partial charge < -0.3 is 0 Å². The van der Waals surface area contributed by atoms with Gasteiger partial charge in [0.2, 0.25) is 0 Å². The number of hydrazone groups is 1. The van der Waals surface area contributed by atoms with Gasteiger partial charge in [0.15, 0.2) is 0 Å². The molecule has 0 saturated heterocycles. The van der Waals surface area contributed by atoms with Gasteiger partial charge in [0, 0.05) is 15.6 Å². The second-order valence-corrected chi connectivity index (χ2v) is 9.57. The van der Waals surface area contributed by atoms with Crippen molar-refractivity contribution in [3.8, 4) is 0 Å². The van der Waals surface area contributed by atoms with Gasteiger partial charge in [-0.05, 0) is 36.4 Å². The van der Waals surface area contributed by atoms with E-state index in [4.69, 9.17) is 23.2 Å². The summed E-state index contributed by atoms with van der Waals surface area (Å²) in [6.07, 6.45) is -3.79. The first kappa shape index (κ1) is 25.5. The molecule has 0 bridgehead atoms. The van der Waals surface area contributed by atoms with Crippen molar-refractivity contribution in [3.05, 3.63) is 94.0 Å². The number of hydrogen-bond acceptors (Lipinski definition) is 4. The Balaban J connectivity index is 1.88. The third-order valence-electron chi connectivity index (χ3n) is 4.41. The van der Waals surface area contributed by atoms with Gasteiger partial charge in [-0.1, -0.05) is 59.6 Å². The predicted molar refractivity (Wildman–Crippen MR) is 125 cm³/mol. The van der Waals surface area contributed by atoms with E-state index < -0.39 is 34.2 Å². The Labute approximate surface area is 203 Å². The van der Waals surface area contributed by atoms with Crippen LogP contribution in [0, 0.1) is 0 Å². The van der Waals surface area contributed by atoms with Crippen molar-refractivity contribution >= 4 is 51.0 Å². The first-order chi connectivity index (χ1) is 16.0. The molecule has 3 rings (SSSR count). The van der Waals surface area contributed by atoms with Gasteiger partial charge in [-0.15, -0.1) is 0 Å². The maximum absolute atomic E-state index is 13.2. The molecule has 0 spiro atoms. The predicted octanol–water partition coefficient (Wildman–Crippen LogP) is 5.36. The maximum atomic E-state index is 13.2.